The zero-order valence-electron chi connectivity index (χ0n) is 11.4. The number of amides is 1. The molecule has 4 nitrogen and oxygen atoms in total. The highest BCUT2D eigenvalue weighted by Crippen LogP contribution is 2.16. The number of aliphatic hydroxyl groups is 1. The summed E-state index contributed by atoms with van der Waals surface area (Å²) in [6, 6.07) is 5.73. The number of carbonyl (C=O) groups is 1. The molecule has 0 aliphatic heterocycles. The molecule has 0 unspecified atom stereocenters. The van der Waals surface area contributed by atoms with Crippen molar-refractivity contribution in [2.75, 3.05) is 31.6 Å². The second-order valence-corrected chi connectivity index (χ2v) is 4.17. The van der Waals surface area contributed by atoms with Crippen molar-refractivity contribution in [3.05, 3.63) is 29.3 Å². The molecule has 1 rings (SSSR count). The van der Waals surface area contributed by atoms with Crippen LogP contribution in [0.5, 0.6) is 0 Å². The minimum Gasteiger partial charge on any atom is -0.395 e. The Kier molecular flexibility index (Phi) is 5.65. The van der Waals surface area contributed by atoms with E-state index in [1.807, 2.05) is 39.0 Å². The number of benzene rings is 1. The second-order valence-electron chi connectivity index (χ2n) is 4.17. The van der Waals surface area contributed by atoms with Gasteiger partial charge in [-0.05, 0) is 44.5 Å². The first-order valence-electron chi connectivity index (χ1n) is 6.38. The van der Waals surface area contributed by atoms with Crippen LogP contribution in [0.15, 0.2) is 18.2 Å². The Morgan fingerprint density at radius 3 is 2.61 bits per heavy atom. The molecule has 0 heterocycles. The molecule has 1 amide bonds. The van der Waals surface area contributed by atoms with Crippen LogP contribution in [-0.2, 0) is 0 Å². The summed E-state index contributed by atoms with van der Waals surface area (Å²) in [4.78, 5) is 13.9. The summed E-state index contributed by atoms with van der Waals surface area (Å²) in [6.45, 7) is 7.72. The SMILES string of the molecule is CCNc1ccc(C(=O)N(CC)CCO)c(C)c1. The summed E-state index contributed by atoms with van der Waals surface area (Å²) in [7, 11) is 0. The standard InChI is InChI=1S/C14H22N2O2/c1-4-15-12-6-7-13(11(3)10-12)14(18)16(5-2)8-9-17/h6-7,10,15,17H,4-5,8-9H2,1-3H3. The average molecular weight is 250 g/mol. The molecular formula is C14H22N2O2. The van der Waals surface area contributed by atoms with Crippen molar-refractivity contribution in [3.8, 4) is 0 Å². The van der Waals surface area contributed by atoms with Crippen molar-refractivity contribution in [2.24, 2.45) is 0 Å². The van der Waals surface area contributed by atoms with Gasteiger partial charge in [-0.2, -0.15) is 0 Å². The molecule has 1 aromatic carbocycles. The molecule has 0 aromatic heterocycles. The number of hydrogen-bond acceptors (Lipinski definition) is 3. The largest absolute Gasteiger partial charge is 0.395 e. The number of anilines is 1. The minimum absolute atomic E-state index is 0.00585. The fourth-order valence-electron chi connectivity index (χ4n) is 1.91. The van der Waals surface area contributed by atoms with Gasteiger partial charge in [-0.3, -0.25) is 4.79 Å². The van der Waals surface area contributed by atoms with Crippen molar-refractivity contribution in [2.45, 2.75) is 20.8 Å². The third-order valence-corrected chi connectivity index (χ3v) is 2.88. The Morgan fingerprint density at radius 1 is 1.39 bits per heavy atom. The van der Waals surface area contributed by atoms with E-state index in [-0.39, 0.29) is 12.5 Å². The molecule has 0 spiro atoms. The Balaban J connectivity index is 2.91. The quantitative estimate of drug-likeness (QED) is 0.810. The smallest absolute Gasteiger partial charge is 0.254 e. The van der Waals surface area contributed by atoms with E-state index in [0.717, 1.165) is 17.8 Å². The van der Waals surface area contributed by atoms with Crippen molar-refractivity contribution in [3.63, 3.8) is 0 Å². The predicted molar refractivity (Wildman–Crippen MR) is 74.0 cm³/mol. The minimum atomic E-state index is -0.0212. The van der Waals surface area contributed by atoms with Crippen LogP contribution in [0.25, 0.3) is 0 Å². The van der Waals surface area contributed by atoms with Crippen LogP contribution in [0.1, 0.15) is 29.8 Å². The lowest BCUT2D eigenvalue weighted by Crippen LogP contribution is -2.33. The van der Waals surface area contributed by atoms with Gasteiger partial charge in [0.25, 0.3) is 5.91 Å². The van der Waals surface area contributed by atoms with E-state index >= 15 is 0 Å². The maximum Gasteiger partial charge on any atom is 0.254 e. The van der Waals surface area contributed by atoms with Crippen molar-refractivity contribution >= 4 is 11.6 Å². The molecule has 0 saturated heterocycles. The Hall–Kier alpha value is -1.55. The summed E-state index contributed by atoms with van der Waals surface area (Å²) in [5, 5.41) is 12.2. The molecule has 0 saturated carbocycles. The van der Waals surface area contributed by atoms with Crippen LogP contribution in [0.3, 0.4) is 0 Å². The fourth-order valence-corrected chi connectivity index (χ4v) is 1.91. The van der Waals surface area contributed by atoms with Crippen LogP contribution in [0.2, 0.25) is 0 Å². The van der Waals surface area contributed by atoms with Crippen LogP contribution in [0, 0.1) is 6.92 Å². The van der Waals surface area contributed by atoms with E-state index in [1.165, 1.54) is 0 Å². The first-order chi connectivity index (χ1) is 8.63. The number of rotatable bonds is 6. The lowest BCUT2D eigenvalue weighted by atomic mass is 10.1. The van der Waals surface area contributed by atoms with Gasteiger partial charge in [-0.25, -0.2) is 0 Å². The molecule has 18 heavy (non-hydrogen) atoms. The summed E-state index contributed by atoms with van der Waals surface area (Å²) in [6.07, 6.45) is 0. The van der Waals surface area contributed by atoms with Gasteiger partial charge in [-0.15, -0.1) is 0 Å². The number of nitrogens with one attached hydrogen (secondary N) is 1. The number of hydrogen-bond donors (Lipinski definition) is 2. The van der Waals surface area contributed by atoms with Crippen LogP contribution < -0.4 is 5.32 Å². The monoisotopic (exact) mass is 250 g/mol. The van der Waals surface area contributed by atoms with Gasteiger partial charge in [-0.1, -0.05) is 0 Å². The molecule has 1 aromatic rings. The van der Waals surface area contributed by atoms with Crippen LogP contribution in [-0.4, -0.2) is 42.2 Å². The van der Waals surface area contributed by atoms with Gasteiger partial charge in [0, 0.05) is 30.9 Å². The number of aliphatic hydroxyl groups excluding tert-OH is 1. The van der Waals surface area contributed by atoms with Gasteiger partial charge in [0.15, 0.2) is 0 Å². The maximum absolute atomic E-state index is 12.3. The summed E-state index contributed by atoms with van der Waals surface area (Å²) >= 11 is 0. The van der Waals surface area contributed by atoms with Gasteiger partial charge in [0.2, 0.25) is 0 Å². The number of likely N-dealkylation sites (N-methyl/N-ethyl adjacent to an activating group) is 1. The molecular weight excluding hydrogens is 228 g/mol. The number of aryl methyl sites for hydroxylation is 1. The molecule has 0 bridgehead atoms. The Morgan fingerprint density at radius 2 is 2.11 bits per heavy atom. The highest BCUT2D eigenvalue weighted by Gasteiger charge is 2.15. The lowest BCUT2D eigenvalue weighted by molar-refractivity contribution is 0.0731. The Labute approximate surface area is 109 Å². The van der Waals surface area contributed by atoms with Gasteiger partial charge >= 0.3 is 0 Å². The van der Waals surface area contributed by atoms with E-state index in [4.69, 9.17) is 5.11 Å². The first-order valence-corrected chi connectivity index (χ1v) is 6.38. The van der Waals surface area contributed by atoms with E-state index in [0.29, 0.717) is 18.7 Å². The molecule has 0 aliphatic carbocycles. The normalized spacial score (nSPS) is 10.2. The van der Waals surface area contributed by atoms with Crippen molar-refractivity contribution in [1.82, 2.24) is 4.90 Å². The lowest BCUT2D eigenvalue weighted by Gasteiger charge is -2.21. The maximum atomic E-state index is 12.3. The van der Waals surface area contributed by atoms with Gasteiger partial charge in [0.05, 0.1) is 6.61 Å². The summed E-state index contributed by atoms with van der Waals surface area (Å²) in [5.74, 6) is -0.0212. The zero-order chi connectivity index (χ0) is 13.5. The first kappa shape index (κ1) is 14.5. The highest BCUT2D eigenvalue weighted by atomic mass is 16.3. The van der Waals surface area contributed by atoms with E-state index in [1.54, 1.807) is 4.90 Å². The highest BCUT2D eigenvalue weighted by molar-refractivity contribution is 5.96. The fraction of sp³-hybridized carbons (Fsp3) is 0.500. The van der Waals surface area contributed by atoms with E-state index < -0.39 is 0 Å². The van der Waals surface area contributed by atoms with E-state index in [2.05, 4.69) is 5.32 Å². The summed E-state index contributed by atoms with van der Waals surface area (Å²) < 4.78 is 0. The second kappa shape index (κ2) is 7.01. The third-order valence-electron chi connectivity index (χ3n) is 2.88. The predicted octanol–water partition coefficient (Wildman–Crippen LogP) is 1.88. The van der Waals surface area contributed by atoms with Crippen LogP contribution in [0.4, 0.5) is 5.69 Å². The number of nitrogens with zero attached hydrogens (tertiary/aromatic N) is 1. The molecule has 0 radical (unpaired) electrons. The molecule has 100 valence electrons. The Bertz CT molecular complexity index is 405. The van der Waals surface area contributed by atoms with Crippen molar-refractivity contribution in [1.29, 1.82) is 0 Å². The third kappa shape index (κ3) is 3.47. The van der Waals surface area contributed by atoms with Gasteiger partial charge < -0.3 is 15.3 Å². The molecule has 4 heteroatoms. The van der Waals surface area contributed by atoms with Crippen molar-refractivity contribution < 1.29 is 9.90 Å². The topological polar surface area (TPSA) is 52.6 Å². The zero-order valence-corrected chi connectivity index (χ0v) is 11.4. The average Bonchev–Trinajstić information content (AvgIpc) is 2.36. The van der Waals surface area contributed by atoms with Crippen LogP contribution >= 0.6 is 0 Å². The summed E-state index contributed by atoms with van der Waals surface area (Å²) in [5.41, 5.74) is 2.68. The molecule has 0 fully saturated rings. The molecule has 0 atom stereocenters. The molecule has 0 aliphatic rings. The number of carbonyl (C=O) groups excluding carboxylic acids is 1. The molecule has 2 N–H and O–H groups in total. The van der Waals surface area contributed by atoms with Gasteiger partial charge in [0.1, 0.15) is 0 Å². The van der Waals surface area contributed by atoms with E-state index in [9.17, 15) is 4.79 Å².